The topological polar surface area (TPSA) is 43.6 Å². The van der Waals surface area contributed by atoms with Gasteiger partial charge < -0.3 is 0 Å². The van der Waals surface area contributed by atoms with Gasteiger partial charge in [-0.05, 0) is 43.3 Å². The Morgan fingerprint density at radius 1 is 0.800 bits per heavy atom. The monoisotopic (exact) mass is 260 g/mol. The fraction of sp³-hybridized carbons (Fsp3) is 0.0625. The Kier molecular flexibility index (Phi) is 2.29. The van der Waals surface area contributed by atoms with E-state index in [0.717, 1.165) is 33.3 Å². The molecule has 0 atom stereocenters. The fourth-order valence-electron chi connectivity index (χ4n) is 2.36. The minimum Gasteiger partial charge on any atom is -0.253 e. The molecule has 0 aliphatic heterocycles. The van der Waals surface area contributed by atoms with E-state index in [-0.39, 0.29) is 0 Å². The molecule has 0 radical (unpaired) electrons. The first-order valence-corrected chi connectivity index (χ1v) is 6.50. The molecule has 4 heteroatoms. The zero-order valence-corrected chi connectivity index (χ0v) is 11.0. The predicted molar refractivity (Wildman–Crippen MR) is 78.9 cm³/mol. The molecule has 0 aliphatic rings. The molecule has 2 aromatic heterocycles. The van der Waals surface area contributed by atoms with Crippen LogP contribution >= 0.6 is 0 Å². The summed E-state index contributed by atoms with van der Waals surface area (Å²) >= 11 is 0. The zero-order chi connectivity index (χ0) is 13.5. The van der Waals surface area contributed by atoms with Crippen LogP contribution in [-0.4, -0.2) is 20.0 Å². The van der Waals surface area contributed by atoms with E-state index < -0.39 is 0 Å². The molecule has 0 unspecified atom stereocenters. The van der Waals surface area contributed by atoms with Crippen LogP contribution in [0.3, 0.4) is 0 Å². The maximum absolute atomic E-state index is 4.61. The first kappa shape index (κ1) is 11.1. The fourth-order valence-corrected chi connectivity index (χ4v) is 2.36. The predicted octanol–water partition coefficient (Wildman–Crippen LogP) is 3.28. The van der Waals surface area contributed by atoms with Gasteiger partial charge in [0.15, 0.2) is 0 Å². The maximum atomic E-state index is 4.61. The van der Waals surface area contributed by atoms with Crippen molar-refractivity contribution < 1.29 is 0 Å². The van der Waals surface area contributed by atoms with E-state index in [1.807, 2.05) is 55.5 Å². The van der Waals surface area contributed by atoms with Crippen molar-refractivity contribution in [3.05, 3.63) is 60.3 Å². The quantitative estimate of drug-likeness (QED) is 0.527. The summed E-state index contributed by atoms with van der Waals surface area (Å²) in [5.74, 6) is 0. The second kappa shape index (κ2) is 4.13. The molecule has 0 N–H and O–H groups in total. The van der Waals surface area contributed by atoms with E-state index in [1.54, 1.807) is 4.80 Å². The Bertz CT molecular complexity index is 910. The third kappa shape index (κ3) is 1.66. The molecular formula is C16H12N4. The summed E-state index contributed by atoms with van der Waals surface area (Å²) < 4.78 is 0. The lowest BCUT2D eigenvalue weighted by molar-refractivity contribution is 0.766. The van der Waals surface area contributed by atoms with Gasteiger partial charge in [0.2, 0.25) is 0 Å². The summed E-state index contributed by atoms with van der Waals surface area (Å²) in [6.45, 7) is 1.99. The second-order valence-electron chi connectivity index (χ2n) is 4.78. The summed E-state index contributed by atoms with van der Waals surface area (Å²) in [5.41, 5.74) is 4.69. The van der Waals surface area contributed by atoms with Crippen molar-refractivity contribution in [3.8, 4) is 5.69 Å². The molecule has 20 heavy (non-hydrogen) atoms. The van der Waals surface area contributed by atoms with Crippen LogP contribution in [0, 0.1) is 6.92 Å². The van der Waals surface area contributed by atoms with Gasteiger partial charge >= 0.3 is 0 Å². The van der Waals surface area contributed by atoms with Crippen LogP contribution in [0.4, 0.5) is 0 Å². The van der Waals surface area contributed by atoms with Crippen LogP contribution in [0.1, 0.15) is 5.69 Å². The first-order chi connectivity index (χ1) is 9.81. The number of pyridine rings is 1. The smallest absolute Gasteiger partial charge is 0.123 e. The van der Waals surface area contributed by atoms with Gasteiger partial charge in [-0.1, -0.05) is 18.2 Å². The zero-order valence-electron chi connectivity index (χ0n) is 11.0. The van der Waals surface area contributed by atoms with Crippen LogP contribution in [0.5, 0.6) is 0 Å². The van der Waals surface area contributed by atoms with Gasteiger partial charge in [0.1, 0.15) is 11.0 Å². The molecule has 4 aromatic rings. The van der Waals surface area contributed by atoms with Crippen molar-refractivity contribution >= 4 is 21.9 Å². The Hall–Kier alpha value is -2.75. The van der Waals surface area contributed by atoms with Gasteiger partial charge in [-0.2, -0.15) is 4.80 Å². The number of rotatable bonds is 1. The number of para-hydroxylation sites is 1. The highest BCUT2D eigenvalue weighted by Gasteiger charge is 2.08. The highest BCUT2D eigenvalue weighted by atomic mass is 15.5. The Morgan fingerprint density at radius 2 is 1.60 bits per heavy atom. The lowest BCUT2D eigenvalue weighted by Gasteiger charge is -1.98. The largest absolute Gasteiger partial charge is 0.253 e. The molecule has 0 fully saturated rings. The van der Waals surface area contributed by atoms with Crippen LogP contribution in [0.15, 0.2) is 54.6 Å². The number of aryl methyl sites for hydroxylation is 1. The molecule has 0 saturated carbocycles. The Morgan fingerprint density at radius 3 is 2.45 bits per heavy atom. The number of fused-ring (bicyclic) bond motifs is 3. The van der Waals surface area contributed by atoms with E-state index >= 15 is 0 Å². The van der Waals surface area contributed by atoms with Crippen molar-refractivity contribution in [1.82, 2.24) is 20.0 Å². The molecule has 0 spiro atoms. The minimum absolute atomic E-state index is 0.881. The lowest BCUT2D eigenvalue weighted by Crippen LogP contribution is -1.97. The first-order valence-electron chi connectivity index (χ1n) is 6.50. The van der Waals surface area contributed by atoms with Crippen molar-refractivity contribution in [2.45, 2.75) is 6.92 Å². The Labute approximate surface area is 115 Å². The molecule has 2 aromatic carbocycles. The normalized spacial score (nSPS) is 11.2. The summed E-state index contributed by atoms with van der Waals surface area (Å²) in [5, 5.41) is 10.2. The standard InChI is InChI=1S/C16H12N4/c1-11-7-8-13-14(17-11)9-10-15-16(13)19-20(18-15)12-5-3-2-4-6-12/h2-10H,1H3. The molecule has 4 rings (SSSR count). The Balaban J connectivity index is 2.02. The molecule has 0 aliphatic carbocycles. The highest BCUT2D eigenvalue weighted by molar-refractivity contribution is 6.02. The molecule has 0 amide bonds. The number of benzene rings is 2. The molecular weight excluding hydrogens is 248 g/mol. The van der Waals surface area contributed by atoms with E-state index in [0.29, 0.717) is 0 Å². The summed E-state index contributed by atoms with van der Waals surface area (Å²) in [7, 11) is 0. The lowest BCUT2D eigenvalue weighted by atomic mass is 10.2. The molecule has 2 heterocycles. The molecule has 0 saturated heterocycles. The van der Waals surface area contributed by atoms with Crippen LogP contribution in [-0.2, 0) is 0 Å². The van der Waals surface area contributed by atoms with E-state index in [1.165, 1.54) is 0 Å². The third-order valence-corrected chi connectivity index (χ3v) is 3.35. The van der Waals surface area contributed by atoms with Crippen LogP contribution in [0.2, 0.25) is 0 Å². The SMILES string of the molecule is Cc1ccc2c(ccc3nn(-c4ccccc4)nc32)n1. The van der Waals surface area contributed by atoms with E-state index in [9.17, 15) is 0 Å². The molecule has 0 bridgehead atoms. The summed E-state index contributed by atoms with van der Waals surface area (Å²) in [6, 6.07) is 17.9. The van der Waals surface area contributed by atoms with Crippen molar-refractivity contribution in [1.29, 1.82) is 0 Å². The minimum atomic E-state index is 0.881. The van der Waals surface area contributed by atoms with E-state index in [2.05, 4.69) is 21.2 Å². The van der Waals surface area contributed by atoms with Gasteiger partial charge in [0.05, 0.1) is 11.2 Å². The van der Waals surface area contributed by atoms with Gasteiger partial charge in [0, 0.05) is 11.1 Å². The van der Waals surface area contributed by atoms with Crippen molar-refractivity contribution in [2.24, 2.45) is 0 Å². The van der Waals surface area contributed by atoms with Gasteiger partial charge in [-0.15, -0.1) is 10.2 Å². The average molecular weight is 260 g/mol. The number of aromatic nitrogens is 4. The summed E-state index contributed by atoms with van der Waals surface area (Å²) in [4.78, 5) is 6.20. The highest BCUT2D eigenvalue weighted by Crippen LogP contribution is 2.22. The second-order valence-corrected chi connectivity index (χ2v) is 4.78. The molecule has 4 nitrogen and oxygen atoms in total. The number of hydrogen-bond donors (Lipinski definition) is 0. The third-order valence-electron chi connectivity index (χ3n) is 3.35. The summed E-state index contributed by atoms with van der Waals surface area (Å²) in [6.07, 6.45) is 0. The van der Waals surface area contributed by atoms with Crippen molar-refractivity contribution in [2.75, 3.05) is 0 Å². The van der Waals surface area contributed by atoms with Crippen LogP contribution < -0.4 is 0 Å². The van der Waals surface area contributed by atoms with Crippen LogP contribution in [0.25, 0.3) is 27.6 Å². The van der Waals surface area contributed by atoms with Crippen molar-refractivity contribution in [3.63, 3.8) is 0 Å². The van der Waals surface area contributed by atoms with Gasteiger partial charge in [-0.3, -0.25) is 4.98 Å². The van der Waals surface area contributed by atoms with E-state index in [4.69, 9.17) is 0 Å². The maximum Gasteiger partial charge on any atom is 0.123 e. The van der Waals surface area contributed by atoms with Gasteiger partial charge in [-0.25, -0.2) is 0 Å². The van der Waals surface area contributed by atoms with Gasteiger partial charge in [0.25, 0.3) is 0 Å². The average Bonchev–Trinajstić information content (AvgIpc) is 2.92. The number of nitrogens with zero attached hydrogens (tertiary/aromatic N) is 4. The number of hydrogen-bond acceptors (Lipinski definition) is 3. The molecule has 96 valence electrons.